The third-order valence-corrected chi connectivity index (χ3v) is 4.05. The van der Waals surface area contributed by atoms with Gasteiger partial charge in [0, 0.05) is 18.0 Å². The lowest BCUT2D eigenvalue weighted by Crippen LogP contribution is -2.17. The maximum atomic E-state index is 8.86. The molecule has 0 saturated heterocycles. The highest BCUT2D eigenvalue weighted by Crippen LogP contribution is 2.29. The molecule has 0 spiro atoms. The molecule has 0 aliphatic rings. The first-order valence-corrected chi connectivity index (χ1v) is 7.24. The summed E-state index contributed by atoms with van der Waals surface area (Å²) in [5, 5.41) is 8.86. The zero-order valence-electron chi connectivity index (χ0n) is 10.4. The summed E-state index contributed by atoms with van der Waals surface area (Å²) in [5.74, 6) is 0.765. The number of benzene rings is 1. The molecule has 1 aromatic heterocycles. The van der Waals surface area contributed by atoms with Crippen LogP contribution in [0.3, 0.4) is 0 Å². The summed E-state index contributed by atoms with van der Waals surface area (Å²) in [6, 6.07) is 11.5. The predicted octanol–water partition coefficient (Wildman–Crippen LogP) is 3.02. The molecule has 0 amide bonds. The Morgan fingerprint density at radius 2 is 1.95 bits per heavy atom. The summed E-state index contributed by atoms with van der Waals surface area (Å²) in [7, 11) is 0. The second kappa shape index (κ2) is 6.91. The molecule has 5 heteroatoms. The average molecular weight is 298 g/mol. The molecule has 0 radical (unpaired) electrons. The topological polar surface area (TPSA) is 55.5 Å². The SMILES string of the molecule is NCC(Oc1ccc(CCO)cc1)c1ccc(Cl)s1. The van der Waals surface area contributed by atoms with Crippen molar-refractivity contribution in [3.63, 3.8) is 0 Å². The quantitative estimate of drug-likeness (QED) is 0.862. The van der Waals surface area contributed by atoms with Crippen LogP contribution in [0.25, 0.3) is 0 Å². The Kier molecular flexibility index (Phi) is 5.22. The molecule has 0 bridgehead atoms. The predicted molar refractivity (Wildman–Crippen MR) is 79.0 cm³/mol. The molecular weight excluding hydrogens is 282 g/mol. The standard InChI is InChI=1S/C14H16ClNO2S/c15-14-6-5-13(19-14)12(9-16)18-11-3-1-10(2-4-11)7-8-17/h1-6,12,17H,7-9,16H2. The first-order chi connectivity index (χ1) is 9.22. The Morgan fingerprint density at radius 1 is 1.21 bits per heavy atom. The van der Waals surface area contributed by atoms with Gasteiger partial charge >= 0.3 is 0 Å². The fraction of sp³-hybridized carbons (Fsp3) is 0.286. The van der Waals surface area contributed by atoms with Crippen LogP contribution in [-0.4, -0.2) is 18.3 Å². The Labute approximate surface area is 121 Å². The van der Waals surface area contributed by atoms with Crippen molar-refractivity contribution in [3.05, 3.63) is 51.2 Å². The van der Waals surface area contributed by atoms with Gasteiger partial charge in [0.15, 0.2) is 0 Å². The van der Waals surface area contributed by atoms with Crippen molar-refractivity contribution in [2.24, 2.45) is 5.73 Å². The highest BCUT2D eigenvalue weighted by molar-refractivity contribution is 7.16. The van der Waals surface area contributed by atoms with Crippen molar-refractivity contribution in [3.8, 4) is 5.75 Å². The maximum absolute atomic E-state index is 8.86. The lowest BCUT2D eigenvalue weighted by atomic mass is 10.1. The molecule has 19 heavy (non-hydrogen) atoms. The van der Waals surface area contributed by atoms with Crippen LogP contribution in [0.5, 0.6) is 5.75 Å². The highest BCUT2D eigenvalue weighted by Gasteiger charge is 2.13. The van der Waals surface area contributed by atoms with Gasteiger partial charge in [0.05, 0.1) is 4.34 Å². The Bertz CT molecular complexity index is 512. The first-order valence-electron chi connectivity index (χ1n) is 6.04. The summed E-state index contributed by atoms with van der Waals surface area (Å²) in [4.78, 5) is 1.02. The molecule has 2 rings (SSSR count). The summed E-state index contributed by atoms with van der Waals surface area (Å²) in [6.07, 6.45) is 0.474. The zero-order chi connectivity index (χ0) is 13.7. The fourth-order valence-electron chi connectivity index (χ4n) is 1.75. The molecular formula is C14H16ClNO2S. The maximum Gasteiger partial charge on any atom is 0.145 e. The minimum absolute atomic E-state index is 0.152. The lowest BCUT2D eigenvalue weighted by molar-refractivity contribution is 0.218. The van der Waals surface area contributed by atoms with Crippen LogP contribution in [0, 0.1) is 0 Å². The summed E-state index contributed by atoms with van der Waals surface area (Å²) in [6.45, 7) is 0.550. The van der Waals surface area contributed by atoms with Gasteiger partial charge in [-0.15, -0.1) is 11.3 Å². The number of aliphatic hydroxyl groups is 1. The smallest absolute Gasteiger partial charge is 0.145 e. The van der Waals surface area contributed by atoms with E-state index < -0.39 is 0 Å². The van der Waals surface area contributed by atoms with Crippen LogP contribution >= 0.6 is 22.9 Å². The summed E-state index contributed by atoms with van der Waals surface area (Å²) in [5.41, 5.74) is 6.83. The van der Waals surface area contributed by atoms with Crippen LogP contribution in [0.1, 0.15) is 16.5 Å². The Balaban J connectivity index is 2.05. The molecule has 2 aromatic rings. The van der Waals surface area contributed by atoms with E-state index >= 15 is 0 Å². The molecule has 3 nitrogen and oxygen atoms in total. The normalized spacial score (nSPS) is 12.4. The monoisotopic (exact) mass is 297 g/mol. The van der Waals surface area contributed by atoms with Crippen LogP contribution in [0.2, 0.25) is 4.34 Å². The summed E-state index contributed by atoms with van der Waals surface area (Å²) >= 11 is 7.40. The van der Waals surface area contributed by atoms with Crippen LogP contribution in [0.15, 0.2) is 36.4 Å². The average Bonchev–Trinajstić information content (AvgIpc) is 2.85. The van der Waals surface area contributed by atoms with Crippen LogP contribution in [0.4, 0.5) is 0 Å². The van der Waals surface area contributed by atoms with E-state index in [-0.39, 0.29) is 12.7 Å². The molecule has 1 unspecified atom stereocenters. The van der Waals surface area contributed by atoms with Gasteiger partial charge in [-0.05, 0) is 36.2 Å². The third-order valence-electron chi connectivity index (χ3n) is 2.73. The minimum Gasteiger partial charge on any atom is -0.484 e. The van der Waals surface area contributed by atoms with Gasteiger partial charge in [-0.25, -0.2) is 0 Å². The van der Waals surface area contributed by atoms with Crippen molar-refractivity contribution in [1.29, 1.82) is 0 Å². The largest absolute Gasteiger partial charge is 0.484 e. The van der Waals surface area contributed by atoms with Gasteiger partial charge in [-0.2, -0.15) is 0 Å². The van der Waals surface area contributed by atoms with Crippen LogP contribution in [-0.2, 0) is 6.42 Å². The molecule has 0 aliphatic heterocycles. The number of ether oxygens (including phenoxy) is 1. The van der Waals surface area contributed by atoms with E-state index in [0.29, 0.717) is 13.0 Å². The van der Waals surface area contributed by atoms with E-state index in [1.165, 1.54) is 11.3 Å². The van der Waals surface area contributed by atoms with E-state index in [1.54, 1.807) is 0 Å². The molecule has 3 N–H and O–H groups in total. The fourth-order valence-corrected chi connectivity index (χ4v) is 2.86. The van der Waals surface area contributed by atoms with E-state index in [2.05, 4.69) is 0 Å². The van der Waals surface area contributed by atoms with Crippen molar-refractivity contribution in [2.45, 2.75) is 12.5 Å². The van der Waals surface area contributed by atoms with Crippen molar-refractivity contribution >= 4 is 22.9 Å². The number of thiophene rings is 1. The van der Waals surface area contributed by atoms with E-state index in [1.807, 2.05) is 36.4 Å². The Morgan fingerprint density at radius 3 is 2.47 bits per heavy atom. The first kappa shape index (κ1) is 14.3. The lowest BCUT2D eigenvalue weighted by Gasteiger charge is -2.16. The van der Waals surface area contributed by atoms with Crippen LogP contribution < -0.4 is 10.5 Å². The number of hydrogen-bond acceptors (Lipinski definition) is 4. The zero-order valence-corrected chi connectivity index (χ0v) is 12.0. The molecule has 0 saturated carbocycles. The van der Waals surface area contributed by atoms with Gasteiger partial charge in [0.2, 0.25) is 0 Å². The van der Waals surface area contributed by atoms with Crippen molar-refractivity contribution in [2.75, 3.05) is 13.2 Å². The van der Waals surface area contributed by atoms with E-state index in [4.69, 9.17) is 27.2 Å². The Hall–Kier alpha value is -1.07. The highest BCUT2D eigenvalue weighted by atomic mass is 35.5. The van der Waals surface area contributed by atoms with Gasteiger partial charge in [-0.3, -0.25) is 0 Å². The molecule has 102 valence electrons. The van der Waals surface area contributed by atoms with Gasteiger partial charge in [0.25, 0.3) is 0 Å². The molecule has 1 atom stereocenters. The van der Waals surface area contributed by atoms with Crippen molar-refractivity contribution in [1.82, 2.24) is 0 Å². The number of nitrogens with two attached hydrogens (primary N) is 1. The van der Waals surface area contributed by atoms with Gasteiger partial charge in [-0.1, -0.05) is 23.7 Å². The summed E-state index contributed by atoms with van der Waals surface area (Å²) < 4.78 is 6.59. The second-order valence-corrected chi connectivity index (χ2v) is 5.85. The van der Waals surface area contributed by atoms with Gasteiger partial charge < -0.3 is 15.6 Å². The number of aliphatic hydroxyl groups excluding tert-OH is 1. The second-order valence-electron chi connectivity index (χ2n) is 4.10. The molecule has 0 fully saturated rings. The number of halogens is 1. The van der Waals surface area contributed by atoms with E-state index in [0.717, 1.165) is 20.5 Å². The van der Waals surface area contributed by atoms with Gasteiger partial charge in [0.1, 0.15) is 11.9 Å². The minimum atomic E-state index is -0.179. The number of rotatable bonds is 6. The molecule has 1 heterocycles. The van der Waals surface area contributed by atoms with Crippen molar-refractivity contribution < 1.29 is 9.84 Å². The molecule has 1 aromatic carbocycles. The third kappa shape index (κ3) is 3.94. The van der Waals surface area contributed by atoms with E-state index in [9.17, 15) is 0 Å². The number of hydrogen-bond donors (Lipinski definition) is 2. The molecule has 0 aliphatic carbocycles.